The molecule has 1 N–H and O–H groups in total. The van der Waals surface area contributed by atoms with Crippen molar-refractivity contribution in [3.63, 3.8) is 0 Å². The lowest BCUT2D eigenvalue weighted by Crippen LogP contribution is -2.36. The van der Waals surface area contributed by atoms with Gasteiger partial charge in [0.15, 0.2) is 5.75 Å². The van der Waals surface area contributed by atoms with Crippen LogP contribution >= 0.6 is 23.2 Å². The lowest BCUT2D eigenvalue weighted by Gasteiger charge is -2.27. The maximum absolute atomic E-state index is 6.07. The molecule has 112 valence electrons. The summed E-state index contributed by atoms with van der Waals surface area (Å²) in [7, 11) is 2.14. The van der Waals surface area contributed by atoms with Gasteiger partial charge in [-0.2, -0.15) is 0 Å². The number of rotatable bonds is 6. The maximum atomic E-state index is 6.07. The molecule has 1 fully saturated rings. The van der Waals surface area contributed by atoms with Crippen molar-refractivity contribution in [1.29, 1.82) is 0 Å². The Balaban J connectivity index is 1.72. The highest BCUT2D eigenvalue weighted by Crippen LogP contribution is 2.32. The molecular formula is C15H22Cl2N2O. The van der Waals surface area contributed by atoms with E-state index in [1.165, 1.54) is 12.8 Å². The minimum absolute atomic E-state index is 0.568. The quantitative estimate of drug-likeness (QED) is 0.871. The van der Waals surface area contributed by atoms with E-state index in [1.807, 2.05) is 6.07 Å². The van der Waals surface area contributed by atoms with Crippen LogP contribution in [-0.2, 0) is 0 Å². The molecule has 1 aromatic carbocycles. The molecule has 1 aliphatic heterocycles. The molecule has 0 atom stereocenters. The molecule has 0 aliphatic carbocycles. The SMILES string of the molecule is CN(CCOc1c(Cl)cccc1Cl)CC1CCNCC1. The zero-order chi connectivity index (χ0) is 14.4. The minimum atomic E-state index is 0.568. The minimum Gasteiger partial charge on any atom is -0.489 e. The fraction of sp³-hybridized carbons (Fsp3) is 0.600. The second-order valence-electron chi connectivity index (χ2n) is 5.35. The predicted octanol–water partition coefficient (Wildman–Crippen LogP) is 3.30. The number of nitrogens with one attached hydrogen (secondary N) is 1. The Bertz CT molecular complexity index is 402. The van der Waals surface area contributed by atoms with E-state index in [4.69, 9.17) is 27.9 Å². The Labute approximate surface area is 131 Å². The fourth-order valence-electron chi connectivity index (χ4n) is 2.52. The summed E-state index contributed by atoms with van der Waals surface area (Å²) in [5.41, 5.74) is 0. The van der Waals surface area contributed by atoms with Gasteiger partial charge in [-0.25, -0.2) is 0 Å². The van der Waals surface area contributed by atoms with Gasteiger partial charge in [-0.05, 0) is 51.0 Å². The molecule has 0 saturated carbocycles. The Morgan fingerprint density at radius 2 is 1.90 bits per heavy atom. The first-order chi connectivity index (χ1) is 9.66. The van der Waals surface area contributed by atoms with Crippen LogP contribution in [0, 0.1) is 5.92 Å². The van der Waals surface area contributed by atoms with Gasteiger partial charge in [0.05, 0.1) is 10.0 Å². The molecule has 1 aromatic rings. The van der Waals surface area contributed by atoms with Gasteiger partial charge in [0.1, 0.15) is 6.61 Å². The molecule has 1 heterocycles. The summed E-state index contributed by atoms with van der Waals surface area (Å²) in [6.45, 7) is 4.90. The van der Waals surface area contributed by atoms with Crippen LogP contribution in [-0.4, -0.2) is 44.7 Å². The van der Waals surface area contributed by atoms with Gasteiger partial charge in [-0.3, -0.25) is 0 Å². The number of ether oxygens (including phenoxy) is 1. The molecule has 3 nitrogen and oxygen atoms in total. The Morgan fingerprint density at radius 1 is 1.25 bits per heavy atom. The lowest BCUT2D eigenvalue weighted by atomic mass is 9.98. The molecule has 0 amide bonds. The third-order valence-electron chi connectivity index (χ3n) is 3.67. The predicted molar refractivity (Wildman–Crippen MR) is 85.0 cm³/mol. The van der Waals surface area contributed by atoms with Gasteiger partial charge in [0, 0.05) is 13.1 Å². The van der Waals surface area contributed by atoms with Crippen LogP contribution in [0.2, 0.25) is 10.0 Å². The molecule has 0 bridgehead atoms. The maximum Gasteiger partial charge on any atom is 0.156 e. The normalized spacial score (nSPS) is 16.6. The summed E-state index contributed by atoms with van der Waals surface area (Å²) in [6.07, 6.45) is 2.53. The van der Waals surface area contributed by atoms with Gasteiger partial charge in [0.2, 0.25) is 0 Å². The second kappa shape index (κ2) is 8.08. The molecule has 0 unspecified atom stereocenters. The third-order valence-corrected chi connectivity index (χ3v) is 4.26. The first-order valence-corrected chi connectivity index (χ1v) is 7.88. The Kier molecular flexibility index (Phi) is 6.43. The zero-order valence-electron chi connectivity index (χ0n) is 11.9. The topological polar surface area (TPSA) is 24.5 Å². The number of para-hydroxylation sites is 1. The highest BCUT2D eigenvalue weighted by molar-refractivity contribution is 6.37. The Morgan fingerprint density at radius 3 is 2.55 bits per heavy atom. The number of benzene rings is 1. The average Bonchev–Trinajstić information content (AvgIpc) is 2.43. The van der Waals surface area contributed by atoms with E-state index in [9.17, 15) is 0 Å². The second-order valence-corrected chi connectivity index (χ2v) is 6.17. The number of hydrogen-bond donors (Lipinski definition) is 1. The first kappa shape index (κ1) is 15.9. The van der Waals surface area contributed by atoms with Crippen molar-refractivity contribution in [2.75, 3.05) is 39.8 Å². The molecule has 5 heteroatoms. The van der Waals surface area contributed by atoms with Gasteiger partial charge in [-0.1, -0.05) is 29.3 Å². The molecule has 1 aliphatic rings. The van der Waals surface area contributed by atoms with Crippen LogP contribution in [0.1, 0.15) is 12.8 Å². The number of hydrogen-bond acceptors (Lipinski definition) is 3. The van der Waals surface area contributed by atoms with Crippen molar-refractivity contribution in [3.8, 4) is 5.75 Å². The number of likely N-dealkylation sites (N-methyl/N-ethyl adjacent to an activating group) is 1. The van der Waals surface area contributed by atoms with E-state index < -0.39 is 0 Å². The zero-order valence-corrected chi connectivity index (χ0v) is 13.4. The largest absolute Gasteiger partial charge is 0.489 e. The molecule has 20 heavy (non-hydrogen) atoms. The molecular weight excluding hydrogens is 295 g/mol. The molecule has 0 radical (unpaired) electrons. The van der Waals surface area contributed by atoms with Crippen molar-refractivity contribution in [3.05, 3.63) is 28.2 Å². The standard InChI is InChI=1S/C15H22Cl2N2O/c1-19(11-12-5-7-18-8-6-12)9-10-20-15-13(16)3-2-4-14(15)17/h2-4,12,18H,5-11H2,1H3. The van der Waals surface area contributed by atoms with Gasteiger partial charge >= 0.3 is 0 Å². The first-order valence-electron chi connectivity index (χ1n) is 7.13. The van der Waals surface area contributed by atoms with Crippen LogP contribution in [0.15, 0.2) is 18.2 Å². The van der Waals surface area contributed by atoms with E-state index >= 15 is 0 Å². The monoisotopic (exact) mass is 316 g/mol. The van der Waals surface area contributed by atoms with E-state index in [-0.39, 0.29) is 0 Å². The van der Waals surface area contributed by atoms with Crippen LogP contribution in [0.5, 0.6) is 5.75 Å². The lowest BCUT2D eigenvalue weighted by molar-refractivity contribution is 0.199. The summed E-state index contributed by atoms with van der Waals surface area (Å²) < 4.78 is 5.71. The van der Waals surface area contributed by atoms with Crippen molar-refractivity contribution in [2.24, 2.45) is 5.92 Å². The highest BCUT2D eigenvalue weighted by atomic mass is 35.5. The Hall–Kier alpha value is -0.480. The summed E-state index contributed by atoms with van der Waals surface area (Å²) in [6, 6.07) is 5.41. The number of piperidine rings is 1. The average molecular weight is 317 g/mol. The molecule has 2 rings (SSSR count). The van der Waals surface area contributed by atoms with E-state index in [0.717, 1.165) is 32.1 Å². The van der Waals surface area contributed by atoms with Crippen LogP contribution < -0.4 is 10.1 Å². The van der Waals surface area contributed by atoms with E-state index in [0.29, 0.717) is 22.4 Å². The van der Waals surface area contributed by atoms with Gasteiger partial charge in [0.25, 0.3) is 0 Å². The van der Waals surface area contributed by atoms with Crippen molar-refractivity contribution >= 4 is 23.2 Å². The van der Waals surface area contributed by atoms with Crippen molar-refractivity contribution < 1.29 is 4.74 Å². The number of nitrogens with zero attached hydrogens (tertiary/aromatic N) is 1. The summed E-state index contributed by atoms with van der Waals surface area (Å²) in [5, 5.41) is 4.53. The molecule has 0 aromatic heterocycles. The molecule has 1 saturated heterocycles. The van der Waals surface area contributed by atoms with E-state index in [1.54, 1.807) is 12.1 Å². The number of halogens is 2. The fourth-order valence-corrected chi connectivity index (χ4v) is 3.03. The van der Waals surface area contributed by atoms with Crippen molar-refractivity contribution in [1.82, 2.24) is 10.2 Å². The van der Waals surface area contributed by atoms with Crippen LogP contribution in [0.3, 0.4) is 0 Å². The van der Waals surface area contributed by atoms with Gasteiger partial charge < -0.3 is 15.0 Å². The van der Waals surface area contributed by atoms with Crippen LogP contribution in [0.4, 0.5) is 0 Å². The molecule has 0 spiro atoms. The van der Waals surface area contributed by atoms with E-state index in [2.05, 4.69) is 17.3 Å². The van der Waals surface area contributed by atoms with Gasteiger partial charge in [-0.15, -0.1) is 0 Å². The summed E-state index contributed by atoms with van der Waals surface area (Å²) in [5.74, 6) is 1.39. The summed E-state index contributed by atoms with van der Waals surface area (Å²) >= 11 is 12.1. The van der Waals surface area contributed by atoms with Crippen molar-refractivity contribution in [2.45, 2.75) is 12.8 Å². The highest BCUT2D eigenvalue weighted by Gasteiger charge is 2.15. The summed E-state index contributed by atoms with van der Waals surface area (Å²) in [4.78, 5) is 2.32. The van der Waals surface area contributed by atoms with Crippen LogP contribution in [0.25, 0.3) is 0 Å². The third kappa shape index (κ3) is 4.81. The smallest absolute Gasteiger partial charge is 0.156 e.